The van der Waals surface area contributed by atoms with Gasteiger partial charge >= 0.3 is 0 Å². The molecule has 3 N–H and O–H groups in total. The van der Waals surface area contributed by atoms with Crippen molar-refractivity contribution in [1.82, 2.24) is 0 Å². The minimum absolute atomic E-state index is 0.294. The Morgan fingerprint density at radius 2 is 2.25 bits per heavy atom. The van der Waals surface area contributed by atoms with Crippen molar-refractivity contribution in [2.75, 3.05) is 25.2 Å². The molecule has 0 saturated heterocycles. The summed E-state index contributed by atoms with van der Waals surface area (Å²) in [6.07, 6.45) is 3.58. The Bertz CT molecular complexity index is 574. The number of hydrogen-bond donors (Lipinski definition) is 2. The van der Waals surface area contributed by atoms with Crippen molar-refractivity contribution in [2.45, 2.75) is 30.1 Å². The number of hydrogen-bond acceptors (Lipinski definition) is 5. The van der Waals surface area contributed by atoms with Gasteiger partial charge in [-0.25, -0.2) is 8.42 Å². The molecule has 0 aliphatic heterocycles. The molecule has 112 valence electrons. The average Bonchev–Trinajstić information content (AvgIpc) is 2.83. The van der Waals surface area contributed by atoms with E-state index >= 15 is 0 Å². The van der Waals surface area contributed by atoms with Crippen molar-refractivity contribution in [3.05, 3.63) is 24.3 Å². The zero-order chi connectivity index (χ0) is 14.8. The average molecular weight is 298 g/mol. The van der Waals surface area contributed by atoms with Gasteiger partial charge in [0.1, 0.15) is 5.75 Å². The number of sulfone groups is 1. The fourth-order valence-corrected chi connectivity index (χ4v) is 4.77. The monoisotopic (exact) mass is 298 g/mol. The second-order valence-electron chi connectivity index (χ2n) is 5.43. The minimum Gasteiger partial charge on any atom is -0.497 e. The molecule has 0 heterocycles. The van der Waals surface area contributed by atoms with E-state index in [0.29, 0.717) is 13.0 Å². The number of benzene rings is 1. The molecule has 1 saturated carbocycles. The summed E-state index contributed by atoms with van der Waals surface area (Å²) in [5.41, 5.74) is 6.17. The minimum atomic E-state index is -3.13. The SMILES string of the molecule is COc1cccc(NC2(CN)CCCC2S(C)(=O)=O)c1. The fourth-order valence-electron chi connectivity index (χ4n) is 3.08. The van der Waals surface area contributed by atoms with E-state index in [2.05, 4.69) is 5.32 Å². The Hall–Kier alpha value is -1.27. The summed E-state index contributed by atoms with van der Waals surface area (Å²) in [4.78, 5) is 0. The first-order valence-electron chi connectivity index (χ1n) is 6.72. The molecular formula is C14H22N2O3S. The van der Waals surface area contributed by atoms with Gasteiger partial charge in [0, 0.05) is 24.6 Å². The topological polar surface area (TPSA) is 81.4 Å². The summed E-state index contributed by atoms with van der Waals surface area (Å²) in [5, 5.41) is 2.91. The van der Waals surface area contributed by atoms with Gasteiger partial charge in [0.05, 0.1) is 17.9 Å². The largest absolute Gasteiger partial charge is 0.497 e. The highest BCUT2D eigenvalue weighted by Gasteiger charge is 2.47. The number of ether oxygens (including phenoxy) is 1. The molecule has 0 aromatic heterocycles. The molecule has 1 aliphatic rings. The Kier molecular flexibility index (Phi) is 4.25. The first-order chi connectivity index (χ1) is 9.41. The highest BCUT2D eigenvalue weighted by atomic mass is 32.2. The van der Waals surface area contributed by atoms with Gasteiger partial charge in [-0.1, -0.05) is 6.07 Å². The maximum atomic E-state index is 12.0. The standard InChI is InChI=1S/C14H22N2O3S/c1-19-12-6-3-5-11(9-12)16-14(10-15)8-4-7-13(14)20(2,17)18/h3,5-6,9,13,16H,4,7-8,10,15H2,1-2H3. The Morgan fingerprint density at radius 3 is 2.85 bits per heavy atom. The lowest BCUT2D eigenvalue weighted by atomic mass is 9.96. The zero-order valence-corrected chi connectivity index (χ0v) is 12.7. The molecule has 1 aliphatic carbocycles. The summed E-state index contributed by atoms with van der Waals surface area (Å²) in [5.74, 6) is 0.732. The van der Waals surface area contributed by atoms with Crippen molar-refractivity contribution < 1.29 is 13.2 Å². The van der Waals surface area contributed by atoms with E-state index in [1.165, 1.54) is 6.26 Å². The zero-order valence-electron chi connectivity index (χ0n) is 11.9. The van der Waals surface area contributed by atoms with Crippen molar-refractivity contribution >= 4 is 15.5 Å². The molecule has 2 rings (SSSR count). The van der Waals surface area contributed by atoms with Crippen LogP contribution in [0, 0.1) is 0 Å². The summed E-state index contributed by atoms with van der Waals surface area (Å²) in [6, 6.07) is 7.48. The van der Waals surface area contributed by atoms with Crippen molar-refractivity contribution in [3.8, 4) is 5.75 Å². The maximum absolute atomic E-state index is 12.0. The van der Waals surface area contributed by atoms with Crippen LogP contribution < -0.4 is 15.8 Å². The molecule has 0 amide bonds. The van der Waals surface area contributed by atoms with E-state index in [-0.39, 0.29) is 0 Å². The van der Waals surface area contributed by atoms with Crippen LogP contribution in [0.3, 0.4) is 0 Å². The third-order valence-electron chi connectivity index (χ3n) is 4.05. The van der Waals surface area contributed by atoms with Crippen LogP contribution in [-0.2, 0) is 9.84 Å². The molecule has 20 heavy (non-hydrogen) atoms. The van der Waals surface area contributed by atoms with Gasteiger partial charge in [-0.15, -0.1) is 0 Å². The van der Waals surface area contributed by atoms with E-state index < -0.39 is 20.6 Å². The lowest BCUT2D eigenvalue weighted by molar-refractivity contribution is 0.414. The number of rotatable bonds is 5. The van der Waals surface area contributed by atoms with Gasteiger partial charge in [-0.05, 0) is 31.4 Å². The van der Waals surface area contributed by atoms with E-state index in [1.807, 2.05) is 24.3 Å². The van der Waals surface area contributed by atoms with Crippen LogP contribution in [0.4, 0.5) is 5.69 Å². The molecule has 5 nitrogen and oxygen atoms in total. The van der Waals surface area contributed by atoms with Crippen molar-refractivity contribution in [2.24, 2.45) is 5.73 Å². The second kappa shape index (κ2) is 5.61. The van der Waals surface area contributed by atoms with Crippen LogP contribution in [0.25, 0.3) is 0 Å². The van der Waals surface area contributed by atoms with Crippen LogP contribution >= 0.6 is 0 Å². The van der Waals surface area contributed by atoms with Gasteiger partial charge in [-0.3, -0.25) is 0 Å². The Morgan fingerprint density at radius 1 is 1.50 bits per heavy atom. The predicted molar refractivity (Wildman–Crippen MR) is 80.9 cm³/mol. The van der Waals surface area contributed by atoms with Crippen molar-refractivity contribution in [1.29, 1.82) is 0 Å². The van der Waals surface area contributed by atoms with Crippen LogP contribution in [0.2, 0.25) is 0 Å². The van der Waals surface area contributed by atoms with Crippen LogP contribution in [-0.4, -0.2) is 39.1 Å². The molecule has 1 aromatic carbocycles. The number of nitrogens with one attached hydrogen (secondary N) is 1. The van der Waals surface area contributed by atoms with Gasteiger partial charge in [-0.2, -0.15) is 0 Å². The smallest absolute Gasteiger partial charge is 0.152 e. The van der Waals surface area contributed by atoms with Gasteiger partial charge < -0.3 is 15.8 Å². The van der Waals surface area contributed by atoms with E-state index in [1.54, 1.807) is 7.11 Å². The lowest BCUT2D eigenvalue weighted by Crippen LogP contribution is -2.54. The third kappa shape index (κ3) is 2.91. The summed E-state index contributed by atoms with van der Waals surface area (Å²) in [7, 11) is -1.53. The molecule has 2 unspecified atom stereocenters. The van der Waals surface area contributed by atoms with E-state index in [9.17, 15) is 8.42 Å². The van der Waals surface area contributed by atoms with E-state index in [4.69, 9.17) is 10.5 Å². The molecule has 0 spiro atoms. The fraction of sp³-hybridized carbons (Fsp3) is 0.571. The second-order valence-corrected chi connectivity index (χ2v) is 7.66. The predicted octanol–water partition coefficient (Wildman–Crippen LogP) is 1.40. The molecule has 2 atom stereocenters. The summed E-state index contributed by atoms with van der Waals surface area (Å²) >= 11 is 0. The Balaban J connectivity index is 2.31. The maximum Gasteiger partial charge on any atom is 0.152 e. The quantitative estimate of drug-likeness (QED) is 0.859. The van der Waals surface area contributed by atoms with Crippen LogP contribution in [0.1, 0.15) is 19.3 Å². The first kappa shape index (κ1) is 15.1. The lowest BCUT2D eigenvalue weighted by Gasteiger charge is -2.35. The number of anilines is 1. The third-order valence-corrected chi connectivity index (χ3v) is 5.77. The highest BCUT2D eigenvalue weighted by Crippen LogP contribution is 2.37. The first-order valence-corrected chi connectivity index (χ1v) is 8.68. The molecule has 1 aromatic rings. The van der Waals surface area contributed by atoms with Gasteiger partial charge in [0.15, 0.2) is 9.84 Å². The van der Waals surface area contributed by atoms with E-state index in [0.717, 1.165) is 24.3 Å². The highest BCUT2D eigenvalue weighted by molar-refractivity contribution is 7.91. The summed E-state index contributed by atoms with van der Waals surface area (Å²) in [6.45, 7) is 0.294. The summed E-state index contributed by atoms with van der Waals surface area (Å²) < 4.78 is 29.2. The van der Waals surface area contributed by atoms with Crippen LogP contribution in [0.15, 0.2) is 24.3 Å². The van der Waals surface area contributed by atoms with Crippen molar-refractivity contribution in [3.63, 3.8) is 0 Å². The van der Waals surface area contributed by atoms with Crippen LogP contribution in [0.5, 0.6) is 5.75 Å². The number of nitrogens with two attached hydrogens (primary N) is 1. The van der Waals surface area contributed by atoms with Gasteiger partial charge in [0.25, 0.3) is 0 Å². The molecular weight excluding hydrogens is 276 g/mol. The molecule has 0 bridgehead atoms. The molecule has 0 radical (unpaired) electrons. The molecule has 6 heteroatoms. The molecule has 1 fully saturated rings. The number of methoxy groups -OCH3 is 1. The Labute approximate surface area is 120 Å². The van der Waals surface area contributed by atoms with Gasteiger partial charge in [0.2, 0.25) is 0 Å². The normalized spacial score (nSPS) is 26.4.